The third kappa shape index (κ3) is 1.14. The molecule has 0 saturated carbocycles. The summed E-state index contributed by atoms with van der Waals surface area (Å²) >= 11 is 0. The first kappa shape index (κ1) is 8.68. The van der Waals surface area contributed by atoms with Crippen LogP contribution in [0.4, 0.5) is 0 Å². The molecule has 0 atom stereocenters. The number of esters is 1. The number of ether oxygens (including phenoxy) is 1. The van der Waals surface area contributed by atoms with E-state index in [1.165, 1.54) is 13.3 Å². The van der Waals surface area contributed by atoms with Crippen LogP contribution < -0.4 is 0 Å². The summed E-state index contributed by atoms with van der Waals surface area (Å²) in [5.74, 6) is 0.195. The molecule has 0 aromatic carbocycles. The zero-order valence-corrected chi connectivity index (χ0v) is 7.89. The second-order valence-electron chi connectivity index (χ2n) is 2.85. The quantitative estimate of drug-likeness (QED) is 0.626. The van der Waals surface area contributed by atoms with Crippen molar-refractivity contribution in [3.05, 3.63) is 29.8 Å². The van der Waals surface area contributed by atoms with Crippen LogP contribution in [-0.2, 0) is 4.74 Å². The third-order valence-electron chi connectivity index (χ3n) is 2.09. The minimum absolute atomic E-state index is 0.384. The highest BCUT2D eigenvalue weighted by molar-refractivity contribution is 5.90. The van der Waals surface area contributed by atoms with Crippen molar-refractivity contribution in [2.24, 2.45) is 0 Å². The lowest BCUT2D eigenvalue weighted by molar-refractivity contribution is 0.0598. The van der Waals surface area contributed by atoms with Crippen molar-refractivity contribution < 1.29 is 9.53 Å². The van der Waals surface area contributed by atoms with Gasteiger partial charge in [-0.05, 0) is 6.92 Å². The zero-order chi connectivity index (χ0) is 10.1. The van der Waals surface area contributed by atoms with Gasteiger partial charge < -0.3 is 4.74 Å². The van der Waals surface area contributed by atoms with Gasteiger partial charge in [0.2, 0.25) is 5.78 Å². The lowest BCUT2D eigenvalue weighted by Crippen LogP contribution is -2.08. The Hall–Kier alpha value is -1.91. The first-order chi connectivity index (χ1) is 6.74. The normalized spacial score (nSPS) is 10.4. The van der Waals surface area contributed by atoms with Gasteiger partial charge in [0, 0.05) is 24.3 Å². The Bertz CT molecular complexity index is 490. The van der Waals surface area contributed by atoms with Gasteiger partial charge >= 0.3 is 5.97 Å². The molecule has 0 radical (unpaired) electrons. The number of fused-ring (bicyclic) bond motifs is 1. The van der Waals surface area contributed by atoms with Crippen LogP contribution in [0.2, 0.25) is 0 Å². The maximum absolute atomic E-state index is 11.3. The van der Waals surface area contributed by atoms with Crippen LogP contribution in [-0.4, -0.2) is 27.4 Å². The fraction of sp³-hybridized carbons (Fsp3) is 0.222. The summed E-state index contributed by atoms with van der Waals surface area (Å²) in [6.07, 6.45) is 4.87. The molecule has 5 heteroatoms. The van der Waals surface area contributed by atoms with Gasteiger partial charge in [-0.25, -0.2) is 14.8 Å². The van der Waals surface area contributed by atoms with E-state index in [0.29, 0.717) is 11.3 Å². The third-order valence-corrected chi connectivity index (χ3v) is 2.09. The molecule has 0 aliphatic heterocycles. The van der Waals surface area contributed by atoms with E-state index in [9.17, 15) is 4.79 Å². The average Bonchev–Trinajstić information content (AvgIpc) is 2.66. The molecule has 5 nitrogen and oxygen atoms in total. The second kappa shape index (κ2) is 3.10. The molecule has 0 fully saturated rings. The number of rotatable bonds is 1. The van der Waals surface area contributed by atoms with Crippen LogP contribution in [0.15, 0.2) is 18.6 Å². The van der Waals surface area contributed by atoms with Crippen LogP contribution in [0.5, 0.6) is 0 Å². The Labute approximate surface area is 80.4 Å². The van der Waals surface area contributed by atoms with E-state index in [1.807, 2.05) is 6.92 Å². The van der Waals surface area contributed by atoms with Gasteiger partial charge in [-0.15, -0.1) is 0 Å². The SMILES string of the molecule is COC(=O)c1cnc2nccn2c1C. The average molecular weight is 191 g/mol. The number of hydrogen-bond donors (Lipinski definition) is 0. The predicted molar refractivity (Wildman–Crippen MR) is 49.1 cm³/mol. The van der Waals surface area contributed by atoms with E-state index in [4.69, 9.17) is 0 Å². The number of hydrogen-bond acceptors (Lipinski definition) is 4. The molecule has 72 valence electrons. The molecule has 2 heterocycles. The van der Waals surface area contributed by atoms with Crippen LogP contribution in [0.25, 0.3) is 5.78 Å². The summed E-state index contributed by atoms with van der Waals surface area (Å²) in [5, 5.41) is 0. The van der Waals surface area contributed by atoms with Crippen LogP contribution in [0.3, 0.4) is 0 Å². The monoisotopic (exact) mass is 191 g/mol. The Balaban J connectivity index is 2.67. The standard InChI is InChI=1S/C9H9N3O2/c1-6-7(8(13)14-2)5-11-9-10-3-4-12(6)9/h3-5H,1-2H3. The maximum atomic E-state index is 11.3. The van der Waals surface area contributed by atoms with Crippen molar-refractivity contribution in [2.45, 2.75) is 6.92 Å². The first-order valence-corrected chi connectivity index (χ1v) is 4.11. The molecule has 0 spiro atoms. The fourth-order valence-corrected chi connectivity index (χ4v) is 1.31. The maximum Gasteiger partial charge on any atom is 0.341 e. The smallest absolute Gasteiger partial charge is 0.341 e. The highest BCUT2D eigenvalue weighted by Gasteiger charge is 2.12. The topological polar surface area (TPSA) is 56.5 Å². The van der Waals surface area contributed by atoms with E-state index < -0.39 is 0 Å². The molecule has 0 bridgehead atoms. The van der Waals surface area contributed by atoms with Crippen molar-refractivity contribution in [1.82, 2.24) is 14.4 Å². The molecular weight excluding hydrogens is 182 g/mol. The second-order valence-corrected chi connectivity index (χ2v) is 2.85. The summed E-state index contributed by atoms with van der Waals surface area (Å²) in [4.78, 5) is 19.3. The number of imidazole rings is 1. The predicted octanol–water partition coefficient (Wildman–Crippen LogP) is 0.824. The van der Waals surface area contributed by atoms with Crippen LogP contribution >= 0.6 is 0 Å². The highest BCUT2D eigenvalue weighted by atomic mass is 16.5. The Morgan fingerprint density at radius 2 is 2.29 bits per heavy atom. The minimum Gasteiger partial charge on any atom is -0.465 e. The lowest BCUT2D eigenvalue weighted by Gasteiger charge is -2.04. The minimum atomic E-state index is -0.384. The number of aromatic nitrogens is 3. The Morgan fingerprint density at radius 3 is 3.00 bits per heavy atom. The van der Waals surface area contributed by atoms with Gasteiger partial charge in [-0.2, -0.15) is 0 Å². The van der Waals surface area contributed by atoms with E-state index >= 15 is 0 Å². The van der Waals surface area contributed by atoms with Crippen molar-refractivity contribution >= 4 is 11.7 Å². The fourth-order valence-electron chi connectivity index (χ4n) is 1.31. The van der Waals surface area contributed by atoms with Crippen molar-refractivity contribution in [1.29, 1.82) is 0 Å². The van der Waals surface area contributed by atoms with Crippen LogP contribution in [0.1, 0.15) is 16.1 Å². The van der Waals surface area contributed by atoms with Gasteiger partial charge in [-0.1, -0.05) is 0 Å². The number of methoxy groups -OCH3 is 1. The number of aryl methyl sites for hydroxylation is 1. The largest absolute Gasteiger partial charge is 0.465 e. The van der Waals surface area contributed by atoms with E-state index in [0.717, 1.165) is 5.69 Å². The molecule has 0 amide bonds. The number of carbonyl (C=O) groups excluding carboxylic acids is 1. The summed E-state index contributed by atoms with van der Waals surface area (Å²) in [6.45, 7) is 1.82. The molecule has 0 aliphatic rings. The van der Waals surface area contributed by atoms with Crippen molar-refractivity contribution in [3.8, 4) is 0 Å². The molecule has 2 rings (SSSR count). The number of carbonyl (C=O) groups is 1. The van der Waals surface area contributed by atoms with Gasteiger partial charge in [-0.3, -0.25) is 4.40 Å². The summed E-state index contributed by atoms with van der Waals surface area (Å²) in [6, 6.07) is 0. The van der Waals surface area contributed by atoms with E-state index in [1.54, 1.807) is 16.8 Å². The molecule has 14 heavy (non-hydrogen) atoms. The molecule has 2 aromatic rings. The van der Waals surface area contributed by atoms with Gasteiger partial charge in [0.05, 0.1) is 12.7 Å². The van der Waals surface area contributed by atoms with Crippen molar-refractivity contribution in [3.63, 3.8) is 0 Å². The van der Waals surface area contributed by atoms with Crippen LogP contribution in [0, 0.1) is 6.92 Å². The molecular formula is C9H9N3O2. The summed E-state index contributed by atoms with van der Waals surface area (Å²) in [7, 11) is 1.35. The summed E-state index contributed by atoms with van der Waals surface area (Å²) in [5.41, 5.74) is 1.23. The molecule has 0 N–H and O–H groups in total. The lowest BCUT2D eigenvalue weighted by atomic mass is 10.2. The van der Waals surface area contributed by atoms with Gasteiger partial charge in [0.25, 0.3) is 0 Å². The van der Waals surface area contributed by atoms with E-state index in [-0.39, 0.29) is 5.97 Å². The Kier molecular flexibility index (Phi) is 1.92. The first-order valence-electron chi connectivity index (χ1n) is 4.11. The zero-order valence-electron chi connectivity index (χ0n) is 7.89. The number of nitrogens with zero attached hydrogens (tertiary/aromatic N) is 3. The van der Waals surface area contributed by atoms with Gasteiger partial charge in [0.15, 0.2) is 0 Å². The Morgan fingerprint density at radius 1 is 1.50 bits per heavy atom. The van der Waals surface area contributed by atoms with Gasteiger partial charge in [0.1, 0.15) is 0 Å². The summed E-state index contributed by atoms with van der Waals surface area (Å²) < 4.78 is 6.37. The van der Waals surface area contributed by atoms with E-state index in [2.05, 4.69) is 14.7 Å². The molecule has 2 aromatic heterocycles. The molecule has 0 saturated heterocycles. The molecule has 0 aliphatic carbocycles. The molecule has 0 unspecified atom stereocenters. The van der Waals surface area contributed by atoms with Crippen molar-refractivity contribution in [2.75, 3.05) is 7.11 Å². The highest BCUT2D eigenvalue weighted by Crippen LogP contribution is 2.09.